The normalized spacial score (nSPS) is 9.50. The van der Waals surface area contributed by atoms with Gasteiger partial charge >= 0.3 is 0 Å². The second kappa shape index (κ2) is 5.17. The third-order valence-electron chi connectivity index (χ3n) is 1.78. The zero-order chi connectivity index (χ0) is 10.4. The smallest absolute Gasteiger partial charge is 0.292 e. The van der Waals surface area contributed by atoms with Crippen LogP contribution in [-0.2, 0) is 4.79 Å². The van der Waals surface area contributed by atoms with E-state index in [1.54, 1.807) is 30.3 Å². The maximum Gasteiger partial charge on any atom is 0.292 e. The minimum Gasteiger partial charge on any atom is -0.349 e. The molecule has 0 saturated carbocycles. The molecule has 14 heavy (non-hydrogen) atoms. The molecule has 1 N–H and O–H groups in total. The highest BCUT2D eigenvalue weighted by Gasteiger charge is 2.13. The molecule has 0 heterocycles. The molecule has 1 amide bonds. The summed E-state index contributed by atoms with van der Waals surface area (Å²) in [4.78, 5) is 22.7. The number of hydrogen-bond donors (Lipinski definition) is 1. The van der Waals surface area contributed by atoms with E-state index in [1.165, 1.54) is 0 Å². The van der Waals surface area contributed by atoms with Gasteiger partial charge in [0, 0.05) is 12.1 Å². The minimum atomic E-state index is -0.530. The molecule has 0 saturated heterocycles. The second-order valence-electron chi connectivity index (χ2n) is 2.95. The number of carbonyl (C=O) groups is 2. The van der Waals surface area contributed by atoms with E-state index >= 15 is 0 Å². The largest absolute Gasteiger partial charge is 0.349 e. The predicted octanol–water partition coefficient (Wildman–Crippen LogP) is 1.40. The third-order valence-corrected chi connectivity index (χ3v) is 1.78. The van der Waals surface area contributed by atoms with E-state index in [-0.39, 0.29) is 0 Å². The molecule has 0 aliphatic carbocycles. The standard InChI is InChI=1S/C11H13NO2/c1-2-8-12-11(14)10(13)9-6-4-3-5-7-9/h3-7H,2,8H2,1H3,(H,12,14). The molecule has 0 aromatic heterocycles. The quantitative estimate of drug-likeness (QED) is 0.577. The average molecular weight is 191 g/mol. The lowest BCUT2D eigenvalue weighted by atomic mass is 10.1. The van der Waals surface area contributed by atoms with E-state index in [0.29, 0.717) is 12.1 Å². The summed E-state index contributed by atoms with van der Waals surface area (Å²) < 4.78 is 0. The number of rotatable bonds is 4. The first-order chi connectivity index (χ1) is 6.75. The van der Waals surface area contributed by atoms with Crippen molar-refractivity contribution in [2.75, 3.05) is 6.54 Å². The van der Waals surface area contributed by atoms with Crippen LogP contribution >= 0.6 is 0 Å². The van der Waals surface area contributed by atoms with Crippen LogP contribution in [-0.4, -0.2) is 18.2 Å². The Balaban J connectivity index is 2.62. The Bertz CT molecular complexity index is 319. The highest BCUT2D eigenvalue weighted by atomic mass is 16.2. The molecule has 0 fully saturated rings. The van der Waals surface area contributed by atoms with E-state index in [0.717, 1.165) is 6.42 Å². The molecule has 0 unspecified atom stereocenters. The van der Waals surface area contributed by atoms with Crippen LogP contribution in [0.3, 0.4) is 0 Å². The van der Waals surface area contributed by atoms with Crippen molar-refractivity contribution in [3.63, 3.8) is 0 Å². The second-order valence-corrected chi connectivity index (χ2v) is 2.95. The van der Waals surface area contributed by atoms with Crippen molar-refractivity contribution in [1.29, 1.82) is 0 Å². The van der Waals surface area contributed by atoms with Crippen LogP contribution in [0.5, 0.6) is 0 Å². The Morgan fingerprint density at radius 2 is 1.86 bits per heavy atom. The fourth-order valence-corrected chi connectivity index (χ4v) is 1.04. The number of nitrogens with one attached hydrogen (secondary N) is 1. The summed E-state index contributed by atoms with van der Waals surface area (Å²) in [6, 6.07) is 8.54. The first kappa shape index (κ1) is 10.4. The van der Waals surface area contributed by atoms with E-state index in [2.05, 4.69) is 5.32 Å². The van der Waals surface area contributed by atoms with E-state index in [1.807, 2.05) is 6.92 Å². The Hall–Kier alpha value is -1.64. The zero-order valence-corrected chi connectivity index (χ0v) is 8.12. The van der Waals surface area contributed by atoms with Crippen molar-refractivity contribution in [2.45, 2.75) is 13.3 Å². The molecule has 1 aromatic carbocycles. The summed E-state index contributed by atoms with van der Waals surface area (Å²) in [5.41, 5.74) is 0.432. The van der Waals surface area contributed by atoms with Crippen molar-refractivity contribution >= 4 is 11.7 Å². The third kappa shape index (κ3) is 2.69. The lowest BCUT2D eigenvalue weighted by molar-refractivity contribution is -0.116. The van der Waals surface area contributed by atoms with Crippen molar-refractivity contribution in [3.8, 4) is 0 Å². The molecule has 0 aliphatic rings. The van der Waals surface area contributed by atoms with E-state index < -0.39 is 11.7 Å². The topological polar surface area (TPSA) is 46.2 Å². The molecule has 0 atom stereocenters. The van der Waals surface area contributed by atoms with Gasteiger partial charge in [0.05, 0.1) is 0 Å². The molecule has 0 bridgehead atoms. The van der Waals surface area contributed by atoms with E-state index in [9.17, 15) is 9.59 Å². The maximum atomic E-state index is 11.4. The van der Waals surface area contributed by atoms with Gasteiger partial charge in [0.2, 0.25) is 5.78 Å². The number of hydrogen-bond acceptors (Lipinski definition) is 2. The molecule has 3 heteroatoms. The Labute approximate surface area is 83.1 Å². The van der Waals surface area contributed by atoms with Gasteiger partial charge in [0.25, 0.3) is 5.91 Å². The van der Waals surface area contributed by atoms with Crippen molar-refractivity contribution in [1.82, 2.24) is 5.32 Å². The van der Waals surface area contributed by atoms with Crippen LogP contribution in [0.1, 0.15) is 23.7 Å². The lowest BCUT2D eigenvalue weighted by Gasteiger charge is -2.01. The first-order valence-corrected chi connectivity index (χ1v) is 4.63. The van der Waals surface area contributed by atoms with Gasteiger partial charge in [-0.05, 0) is 6.42 Å². The number of Topliss-reactive ketones (excluding diaryl/α,β-unsaturated/α-hetero) is 1. The van der Waals surface area contributed by atoms with Gasteiger partial charge in [-0.25, -0.2) is 0 Å². The number of ketones is 1. The fraction of sp³-hybridized carbons (Fsp3) is 0.273. The van der Waals surface area contributed by atoms with Crippen LogP contribution in [0, 0.1) is 0 Å². The van der Waals surface area contributed by atoms with Crippen molar-refractivity contribution < 1.29 is 9.59 Å². The average Bonchev–Trinajstić information content (AvgIpc) is 2.26. The zero-order valence-electron chi connectivity index (χ0n) is 8.12. The van der Waals surface area contributed by atoms with Gasteiger partial charge in [-0.15, -0.1) is 0 Å². The highest BCUT2D eigenvalue weighted by molar-refractivity contribution is 6.42. The van der Waals surface area contributed by atoms with E-state index in [4.69, 9.17) is 0 Å². The molecular weight excluding hydrogens is 178 g/mol. The van der Waals surface area contributed by atoms with Crippen LogP contribution in [0.2, 0.25) is 0 Å². The highest BCUT2D eigenvalue weighted by Crippen LogP contribution is 1.99. The Kier molecular flexibility index (Phi) is 3.85. The molecule has 0 spiro atoms. The maximum absolute atomic E-state index is 11.4. The number of carbonyl (C=O) groups excluding carboxylic acids is 2. The van der Waals surface area contributed by atoms with Gasteiger partial charge in [0.1, 0.15) is 0 Å². The molecular formula is C11H13NO2. The van der Waals surface area contributed by atoms with Gasteiger partial charge in [-0.2, -0.15) is 0 Å². The summed E-state index contributed by atoms with van der Waals surface area (Å²) in [7, 11) is 0. The molecule has 0 aliphatic heterocycles. The minimum absolute atomic E-state index is 0.432. The summed E-state index contributed by atoms with van der Waals surface area (Å²) >= 11 is 0. The summed E-state index contributed by atoms with van der Waals surface area (Å²) in [6.07, 6.45) is 0.827. The predicted molar refractivity (Wildman–Crippen MR) is 54.1 cm³/mol. The number of benzene rings is 1. The van der Waals surface area contributed by atoms with Crippen molar-refractivity contribution in [2.24, 2.45) is 0 Å². The van der Waals surface area contributed by atoms with Crippen molar-refractivity contribution in [3.05, 3.63) is 35.9 Å². The van der Waals surface area contributed by atoms with Crippen LogP contribution in [0.15, 0.2) is 30.3 Å². The van der Waals surface area contributed by atoms with Gasteiger partial charge in [-0.3, -0.25) is 9.59 Å². The molecule has 3 nitrogen and oxygen atoms in total. The molecule has 1 rings (SSSR count). The first-order valence-electron chi connectivity index (χ1n) is 4.63. The number of amides is 1. The molecule has 74 valence electrons. The van der Waals surface area contributed by atoms with Crippen LogP contribution < -0.4 is 5.32 Å². The van der Waals surface area contributed by atoms with Crippen LogP contribution in [0.4, 0.5) is 0 Å². The lowest BCUT2D eigenvalue weighted by Crippen LogP contribution is -2.31. The Morgan fingerprint density at radius 1 is 1.21 bits per heavy atom. The van der Waals surface area contributed by atoms with Gasteiger partial charge < -0.3 is 5.32 Å². The van der Waals surface area contributed by atoms with Crippen LogP contribution in [0.25, 0.3) is 0 Å². The molecule has 0 radical (unpaired) electrons. The monoisotopic (exact) mass is 191 g/mol. The van der Waals surface area contributed by atoms with Gasteiger partial charge in [-0.1, -0.05) is 37.3 Å². The Morgan fingerprint density at radius 3 is 2.43 bits per heavy atom. The summed E-state index contributed by atoms with van der Waals surface area (Å²) in [6.45, 7) is 2.48. The fourth-order valence-electron chi connectivity index (χ4n) is 1.04. The SMILES string of the molecule is CCCNC(=O)C(=O)c1ccccc1. The molecule has 1 aromatic rings. The van der Waals surface area contributed by atoms with Gasteiger partial charge in [0.15, 0.2) is 0 Å². The summed E-state index contributed by atoms with van der Waals surface area (Å²) in [5.74, 6) is -1.00. The summed E-state index contributed by atoms with van der Waals surface area (Å²) in [5, 5.41) is 2.54.